The number of hydrogen-bond donors (Lipinski definition) is 1. The zero-order chi connectivity index (χ0) is 18.6. The lowest BCUT2D eigenvalue weighted by molar-refractivity contribution is 0.0694. The van der Waals surface area contributed by atoms with Gasteiger partial charge in [-0.1, -0.05) is 0 Å². The molecule has 0 aromatic carbocycles. The third kappa shape index (κ3) is 3.46. The Kier molecular flexibility index (Phi) is 5.52. The molecule has 2 aromatic heterocycles. The standard InChI is InChI=1S/C18H19BrFN3O3.ClH/c1-21-4-6-22(7-5-21)16-13(20)9-23-15(14(16)19)11(10-2-3-10)8-12(17(23)24)18(25)26;/h8-10H,2-7H2,1H3,(H,25,26);1H. The Morgan fingerprint density at radius 1 is 1.26 bits per heavy atom. The van der Waals surface area contributed by atoms with E-state index in [4.69, 9.17) is 0 Å². The van der Waals surface area contributed by atoms with Crippen molar-refractivity contribution in [3.05, 3.63) is 44.0 Å². The van der Waals surface area contributed by atoms with E-state index in [2.05, 4.69) is 20.8 Å². The monoisotopic (exact) mass is 459 g/mol. The highest BCUT2D eigenvalue weighted by Gasteiger charge is 2.31. The number of likely N-dealkylation sites (N-methyl/N-ethyl adjacent to an activating group) is 1. The predicted molar refractivity (Wildman–Crippen MR) is 107 cm³/mol. The van der Waals surface area contributed by atoms with Gasteiger partial charge in [0.15, 0.2) is 5.82 Å². The summed E-state index contributed by atoms with van der Waals surface area (Å²) < 4.78 is 16.6. The van der Waals surface area contributed by atoms with Gasteiger partial charge in [0.25, 0.3) is 5.56 Å². The maximum Gasteiger partial charge on any atom is 0.341 e. The summed E-state index contributed by atoms with van der Waals surface area (Å²) >= 11 is 3.52. The number of halogens is 3. The minimum atomic E-state index is -1.29. The first kappa shape index (κ1) is 20.1. The van der Waals surface area contributed by atoms with Crippen LogP contribution in [-0.4, -0.2) is 53.6 Å². The molecule has 0 radical (unpaired) electrons. The Hall–Kier alpha value is -1.64. The van der Waals surface area contributed by atoms with Crippen LogP contribution in [0.3, 0.4) is 0 Å². The van der Waals surface area contributed by atoms with Crippen LogP contribution in [0.15, 0.2) is 21.5 Å². The highest BCUT2D eigenvalue weighted by atomic mass is 79.9. The quantitative estimate of drug-likeness (QED) is 0.763. The number of rotatable bonds is 3. The van der Waals surface area contributed by atoms with Crippen LogP contribution in [0.4, 0.5) is 10.1 Å². The number of aromatic carboxylic acids is 1. The second-order valence-corrected chi connectivity index (χ2v) is 7.84. The van der Waals surface area contributed by atoms with Gasteiger partial charge in [0, 0.05) is 26.2 Å². The minimum Gasteiger partial charge on any atom is -0.477 e. The Labute approximate surface area is 170 Å². The molecule has 2 aliphatic rings. The van der Waals surface area contributed by atoms with Gasteiger partial charge >= 0.3 is 5.97 Å². The lowest BCUT2D eigenvalue weighted by Gasteiger charge is -2.35. The molecule has 1 N–H and O–H groups in total. The van der Waals surface area contributed by atoms with Gasteiger partial charge in [-0.05, 0) is 53.4 Å². The molecule has 0 atom stereocenters. The second kappa shape index (κ2) is 7.41. The predicted octanol–water partition coefficient (Wildman–Crippen LogP) is 2.95. The van der Waals surface area contributed by atoms with E-state index in [9.17, 15) is 19.1 Å². The van der Waals surface area contributed by atoms with Gasteiger partial charge in [-0.25, -0.2) is 9.18 Å². The molecule has 1 aliphatic carbocycles. The van der Waals surface area contributed by atoms with Gasteiger partial charge in [-0.2, -0.15) is 0 Å². The Balaban J connectivity index is 0.00000210. The number of nitrogens with zero attached hydrogens (tertiary/aromatic N) is 3. The van der Waals surface area contributed by atoms with Crippen molar-refractivity contribution in [2.24, 2.45) is 0 Å². The number of aromatic nitrogens is 1. The first-order valence-corrected chi connectivity index (χ1v) is 9.42. The number of carbonyl (C=O) groups is 1. The zero-order valence-corrected chi connectivity index (χ0v) is 17.1. The van der Waals surface area contributed by atoms with E-state index in [0.717, 1.165) is 42.1 Å². The van der Waals surface area contributed by atoms with Gasteiger partial charge < -0.3 is 14.9 Å². The third-order valence-electron chi connectivity index (χ3n) is 5.21. The molecular formula is C18H20BrClFN3O3. The molecule has 1 saturated heterocycles. The van der Waals surface area contributed by atoms with Crippen molar-refractivity contribution >= 4 is 45.5 Å². The van der Waals surface area contributed by atoms with Gasteiger partial charge in [0.1, 0.15) is 5.56 Å². The molecular weight excluding hydrogens is 441 g/mol. The van der Waals surface area contributed by atoms with Crippen LogP contribution < -0.4 is 10.5 Å². The van der Waals surface area contributed by atoms with E-state index >= 15 is 0 Å². The molecule has 0 unspecified atom stereocenters. The Morgan fingerprint density at radius 3 is 2.44 bits per heavy atom. The van der Waals surface area contributed by atoms with Crippen molar-refractivity contribution in [3.63, 3.8) is 0 Å². The molecule has 2 aromatic rings. The summed E-state index contributed by atoms with van der Waals surface area (Å²) in [5.41, 5.74) is 0.800. The van der Waals surface area contributed by atoms with Crippen LogP contribution in [0.1, 0.15) is 34.7 Å². The summed E-state index contributed by atoms with van der Waals surface area (Å²) in [7, 11) is 2.03. The summed E-state index contributed by atoms with van der Waals surface area (Å²) in [5.74, 6) is -1.60. The molecule has 146 valence electrons. The topological polar surface area (TPSA) is 65.3 Å². The molecule has 6 nitrogen and oxygen atoms in total. The van der Waals surface area contributed by atoms with E-state index < -0.39 is 17.3 Å². The van der Waals surface area contributed by atoms with Crippen LogP contribution in [0, 0.1) is 5.82 Å². The van der Waals surface area contributed by atoms with Crippen molar-refractivity contribution in [2.45, 2.75) is 18.8 Å². The van der Waals surface area contributed by atoms with E-state index in [1.165, 1.54) is 6.07 Å². The molecule has 0 amide bonds. The number of piperazine rings is 1. The van der Waals surface area contributed by atoms with E-state index in [1.54, 1.807) is 0 Å². The lowest BCUT2D eigenvalue weighted by atomic mass is 10.1. The summed E-state index contributed by atoms with van der Waals surface area (Å²) in [6.07, 6.45) is 3.02. The van der Waals surface area contributed by atoms with Gasteiger partial charge in [-0.3, -0.25) is 9.20 Å². The van der Waals surface area contributed by atoms with E-state index in [1.807, 2.05) is 11.9 Å². The molecule has 0 bridgehead atoms. The molecule has 27 heavy (non-hydrogen) atoms. The first-order chi connectivity index (χ1) is 12.4. The number of anilines is 1. The van der Waals surface area contributed by atoms with Crippen LogP contribution in [0.2, 0.25) is 0 Å². The molecule has 3 heterocycles. The minimum absolute atomic E-state index is 0. The highest BCUT2D eigenvalue weighted by Crippen LogP contribution is 2.45. The van der Waals surface area contributed by atoms with Gasteiger partial charge in [0.2, 0.25) is 0 Å². The maximum absolute atomic E-state index is 14.9. The van der Waals surface area contributed by atoms with Crippen LogP contribution in [0.5, 0.6) is 0 Å². The summed E-state index contributed by atoms with van der Waals surface area (Å²) in [4.78, 5) is 28.2. The summed E-state index contributed by atoms with van der Waals surface area (Å²) in [5, 5.41) is 9.34. The molecule has 9 heteroatoms. The number of hydrogen-bond acceptors (Lipinski definition) is 4. The van der Waals surface area contributed by atoms with Crippen molar-refractivity contribution in [1.29, 1.82) is 0 Å². The summed E-state index contributed by atoms with van der Waals surface area (Å²) in [6.45, 7) is 3.05. The largest absolute Gasteiger partial charge is 0.477 e. The lowest BCUT2D eigenvalue weighted by Crippen LogP contribution is -2.45. The van der Waals surface area contributed by atoms with Crippen LogP contribution >= 0.6 is 28.3 Å². The van der Waals surface area contributed by atoms with E-state index in [-0.39, 0.29) is 23.9 Å². The van der Waals surface area contributed by atoms with Gasteiger partial charge in [0.05, 0.1) is 21.9 Å². The highest BCUT2D eigenvalue weighted by molar-refractivity contribution is 9.10. The Bertz CT molecular complexity index is 969. The molecule has 1 saturated carbocycles. The number of pyridine rings is 2. The second-order valence-electron chi connectivity index (χ2n) is 7.05. The molecule has 1 aliphatic heterocycles. The normalized spacial score (nSPS) is 17.8. The van der Waals surface area contributed by atoms with Crippen molar-refractivity contribution in [3.8, 4) is 0 Å². The smallest absolute Gasteiger partial charge is 0.341 e. The fraction of sp³-hybridized carbons (Fsp3) is 0.444. The van der Waals surface area contributed by atoms with Crippen molar-refractivity contribution in [2.75, 3.05) is 38.1 Å². The number of carboxylic acids is 1. The summed E-state index contributed by atoms with van der Waals surface area (Å²) in [6, 6.07) is 1.47. The molecule has 0 spiro atoms. The molecule has 4 rings (SSSR count). The average molecular weight is 461 g/mol. The van der Waals surface area contributed by atoms with Crippen molar-refractivity contribution < 1.29 is 14.3 Å². The fourth-order valence-corrected chi connectivity index (χ4v) is 4.44. The first-order valence-electron chi connectivity index (χ1n) is 8.62. The SMILES string of the molecule is CN1CCN(c2c(F)cn3c(=O)c(C(=O)O)cc(C4CC4)c3c2Br)CC1.Cl. The van der Waals surface area contributed by atoms with E-state index in [0.29, 0.717) is 28.8 Å². The third-order valence-corrected chi connectivity index (χ3v) is 5.97. The average Bonchev–Trinajstić information content (AvgIpc) is 3.42. The number of fused-ring (bicyclic) bond motifs is 1. The zero-order valence-electron chi connectivity index (χ0n) is 14.7. The van der Waals surface area contributed by atoms with Gasteiger partial charge in [-0.15, -0.1) is 12.4 Å². The molecule has 2 fully saturated rings. The van der Waals surface area contributed by atoms with Crippen LogP contribution in [-0.2, 0) is 0 Å². The van der Waals surface area contributed by atoms with Crippen LogP contribution in [0.25, 0.3) is 5.52 Å². The van der Waals surface area contributed by atoms with Crippen molar-refractivity contribution in [1.82, 2.24) is 9.30 Å². The maximum atomic E-state index is 14.9. The Morgan fingerprint density at radius 2 is 1.89 bits per heavy atom. The fourth-order valence-electron chi connectivity index (χ4n) is 3.58. The number of carboxylic acid groups (broad SMARTS) is 1.